The van der Waals surface area contributed by atoms with Crippen molar-refractivity contribution in [2.24, 2.45) is 0 Å². The number of likely N-dealkylation sites (tertiary alicyclic amines) is 1. The van der Waals surface area contributed by atoms with Crippen LogP contribution in [-0.2, 0) is 11.2 Å². The Bertz CT molecular complexity index is 1010. The average Bonchev–Trinajstić information content (AvgIpc) is 3.44. The van der Waals surface area contributed by atoms with Gasteiger partial charge in [-0.2, -0.15) is 0 Å². The van der Waals surface area contributed by atoms with Gasteiger partial charge in [-0.05, 0) is 37.0 Å². The number of hydrogen-bond donors (Lipinski definition) is 0. The first-order valence-electron chi connectivity index (χ1n) is 10.8. The van der Waals surface area contributed by atoms with E-state index in [2.05, 4.69) is 24.0 Å². The van der Waals surface area contributed by atoms with E-state index in [1.54, 1.807) is 0 Å². The molecule has 0 N–H and O–H groups in total. The lowest BCUT2D eigenvalue weighted by atomic mass is 9.87. The van der Waals surface area contributed by atoms with Crippen LogP contribution in [-0.4, -0.2) is 28.4 Å². The van der Waals surface area contributed by atoms with Gasteiger partial charge in [-0.15, -0.1) is 0 Å². The Hall–Kier alpha value is -3.02. The molecular weight excluding hydrogens is 398 g/mol. The number of rotatable bonds is 7. The smallest absolute Gasteiger partial charge is 0.223 e. The molecule has 1 fully saturated rings. The quantitative estimate of drug-likeness (QED) is 0.486. The second-order valence-electron chi connectivity index (χ2n) is 7.94. The standard InChI is InChI=1S/C25H26F2N2O2/c1-2-18(17-8-4-3-5-9-17)21-12-7-15-29(21)24(30)14-13-23-28-16-22(31-23)25-19(26)10-6-11-20(25)27/h3-6,8-11,16,18,21H,2,7,12-15H2,1H3/t18-,21+/m0/s1. The fraction of sp³-hybridized carbons (Fsp3) is 0.360. The zero-order chi connectivity index (χ0) is 21.8. The Morgan fingerprint density at radius 2 is 1.90 bits per heavy atom. The molecule has 162 valence electrons. The molecule has 1 amide bonds. The van der Waals surface area contributed by atoms with Crippen molar-refractivity contribution in [1.29, 1.82) is 0 Å². The van der Waals surface area contributed by atoms with Crippen LogP contribution in [0.1, 0.15) is 50.0 Å². The van der Waals surface area contributed by atoms with E-state index in [1.165, 1.54) is 30.0 Å². The van der Waals surface area contributed by atoms with E-state index < -0.39 is 11.6 Å². The van der Waals surface area contributed by atoms with Gasteiger partial charge in [-0.3, -0.25) is 4.79 Å². The van der Waals surface area contributed by atoms with Gasteiger partial charge in [0, 0.05) is 31.3 Å². The predicted octanol–water partition coefficient (Wildman–Crippen LogP) is 5.74. The van der Waals surface area contributed by atoms with E-state index in [4.69, 9.17) is 4.42 Å². The van der Waals surface area contributed by atoms with E-state index in [-0.39, 0.29) is 29.7 Å². The van der Waals surface area contributed by atoms with Crippen LogP contribution in [0.15, 0.2) is 59.1 Å². The van der Waals surface area contributed by atoms with Crippen LogP contribution >= 0.6 is 0 Å². The molecule has 1 aromatic heterocycles. The number of hydrogen-bond acceptors (Lipinski definition) is 3. The summed E-state index contributed by atoms with van der Waals surface area (Å²) < 4.78 is 33.5. The third kappa shape index (κ3) is 4.53. The molecule has 4 nitrogen and oxygen atoms in total. The lowest BCUT2D eigenvalue weighted by Crippen LogP contribution is -2.39. The molecule has 31 heavy (non-hydrogen) atoms. The predicted molar refractivity (Wildman–Crippen MR) is 114 cm³/mol. The van der Waals surface area contributed by atoms with Crippen molar-refractivity contribution >= 4 is 5.91 Å². The first-order valence-corrected chi connectivity index (χ1v) is 10.8. The Kier molecular flexibility index (Phi) is 6.44. The molecule has 0 radical (unpaired) electrons. The van der Waals surface area contributed by atoms with Crippen molar-refractivity contribution in [3.8, 4) is 11.3 Å². The SMILES string of the molecule is CC[C@@H](c1ccccc1)[C@H]1CCCN1C(=O)CCc1ncc(-c2c(F)cccc2F)o1. The summed E-state index contributed by atoms with van der Waals surface area (Å²) >= 11 is 0. The van der Waals surface area contributed by atoms with E-state index in [0.29, 0.717) is 18.2 Å². The Balaban J connectivity index is 1.42. The molecule has 3 aromatic rings. The van der Waals surface area contributed by atoms with Crippen molar-refractivity contribution in [1.82, 2.24) is 9.88 Å². The van der Waals surface area contributed by atoms with E-state index in [1.807, 2.05) is 23.1 Å². The molecule has 1 aliphatic rings. The van der Waals surface area contributed by atoms with Crippen molar-refractivity contribution in [3.63, 3.8) is 0 Å². The van der Waals surface area contributed by atoms with Crippen LogP contribution in [0.2, 0.25) is 0 Å². The molecule has 0 bridgehead atoms. The van der Waals surface area contributed by atoms with E-state index >= 15 is 0 Å². The number of oxazole rings is 1. The van der Waals surface area contributed by atoms with Crippen molar-refractivity contribution < 1.29 is 18.0 Å². The van der Waals surface area contributed by atoms with Gasteiger partial charge in [-0.25, -0.2) is 13.8 Å². The molecule has 6 heteroatoms. The van der Waals surface area contributed by atoms with Crippen molar-refractivity contribution in [3.05, 3.63) is 77.8 Å². The molecule has 4 rings (SSSR count). The highest BCUT2D eigenvalue weighted by atomic mass is 19.1. The zero-order valence-corrected chi connectivity index (χ0v) is 17.6. The summed E-state index contributed by atoms with van der Waals surface area (Å²) in [6, 6.07) is 14.2. The molecule has 2 aromatic carbocycles. The minimum atomic E-state index is -0.704. The summed E-state index contributed by atoms with van der Waals surface area (Å²) in [6.07, 6.45) is 4.81. The summed E-state index contributed by atoms with van der Waals surface area (Å²) in [5, 5.41) is 0. The van der Waals surface area contributed by atoms with Gasteiger partial charge in [0.1, 0.15) is 11.6 Å². The van der Waals surface area contributed by atoms with E-state index in [0.717, 1.165) is 25.8 Å². The minimum absolute atomic E-state index is 0.0345. The third-order valence-corrected chi connectivity index (χ3v) is 6.07. The second-order valence-corrected chi connectivity index (χ2v) is 7.94. The van der Waals surface area contributed by atoms with Crippen LogP contribution in [0, 0.1) is 11.6 Å². The number of amides is 1. The maximum atomic E-state index is 14.0. The summed E-state index contributed by atoms with van der Waals surface area (Å²) in [5.41, 5.74) is 1.03. The molecule has 0 aliphatic carbocycles. The zero-order valence-electron chi connectivity index (χ0n) is 17.6. The first-order chi connectivity index (χ1) is 15.1. The highest BCUT2D eigenvalue weighted by Crippen LogP contribution is 2.34. The maximum Gasteiger partial charge on any atom is 0.223 e. The molecule has 2 heterocycles. The molecule has 1 saturated heterocycles. The number of aromatic nitrogens is 1. The third-order valence-electron chi connectivity index (χ3n) is 6.07. The normalized spacial score (nSPS) is 17.1. The monoisotopic (exact) mass is 424 g/mol. The number of nitrogens with zero attached hydrogens (tertiary/aromatic N) is 2. The molecule has 1 aliphatic heterocycles. The van der Waals surface area contributed by atoms with Crippen LogP contribution in [0.4, 0.5) is 8.78 Å². The van der Waals surface area contributed by atoms with Crippen molar-refractivity contribution in [2.75, 3.05) is 6.54 Å². The van der Waals surface area contributed by atoms with Crippen LogP contribution in [0.25, 0.3) is 11.3 Å². The number of carbonyl (C=O) groups excluding carboxylic acids is 1. The van der Waals surface area contributed by atoms with Gasteiger partial charge >= 0.3 is 0 Å². The van der Waals surface area contributed by atoms with Crippen LogP contribution in [0.5, 0.6) is 0 Å². The maximum absolute atomic E-state index is 14.0. The lowest BCUT2D eigenvalue weighted by molar-refractivity contribution is -0.132. The minimum Gasteiger partial charge on any atom is -0.441 e. The molecular formula is C25H26F2N2O2. The topological polar surface area (TPSA) is 46.3 Å². The van der Waals surface area contributed by atoms with Crippen LogP contribution in [0.3, 0.4) is 0 Å². The van der Waals surface area contributed by atoms with Crippen LogP contribution < -0.4 is 0 Å². The summed E-state index contributed by atoms with van der Waals surface area (Å²) in [4.78, 5) is 19.1. The average molecular weight is 424 g/mol. The summed E-state index contributed by atoms with van der Waals surface area (Å²) in [7, 11) is 0. The summed E-state index contributed by atoms with van der Waals surface area (Å²) in [5.74, 6) is -0.696. The number of carbonyl (C=O) groups is 1. The molecule has 0 saturated carbocycles. The highest BCUT2D eigenvalue weighted by Gasteiger charge is 2.34. The van der Waals surface area contributed by atoms with Gasteiger partial charge in [0.05, 0.1) is 11.8 Å². The van der Waals surface area contributed by atoms with Gasteiger partial charge in [0.25, 0.3) is 0 Å². The largest absolute Gasteiger partial charge is 0.441 e. The fourth-order valence-corrected chi connectivity index (χ4v) is 4.58. The number of benzene rings is 2. The number of aryl methyl sites for hydroxylation is 1. The highest BCUT2D eigenvalue weighted by molar-refractivity contribution is 5.77. The molecule has 0 spiro atoms. The van der Waals surface area contributed by atoms with Gasteiger partial charge in [0.15, 0.2) is 11.7 Å². The Labute approximate surface area is 180 Å². The molecule has 0 unspecified atom stereocenters. The van der Waals surface area contributed by atoms with Gasteiger partial charge in [-0.1, -0.05) is 43.3 Å². The lowest BCUT2D eigenvalue weighted by Gasteiger charge is -2.31. The van der Waals surface area contributed by atoms with Gasteiger partial charge in [0.2, 0.25) is 5.91 Å². The second kappa shape index (κ2) is 9.41. The Morgan fingerprint density at radius 3 is 2.61 bits per heavy atom. The van der Waals surface area contributed by atoms with Crippen molar-refractivity contribution in [2.45, 2.75) is 51.0 Å². The van der Waals surface area contributed by atoms with Gasteiger partial charge < -0.3 is 9.32 Å². The number of halogens is 2. The molecule has 2 atom stereocenters. The fourth-order valence-electron chi connectivity index (χ4n) is 4.58. The summed E-state index contributed by atoms with van der Waals surface area (Å²) in [6.45, 7) is 2.92. The Morgan fingerprint density at radius 1 is 1.16 bits per heavy atom. The van der Waals surface area contributed by atoms with E-state index in [9.17, 15) is 13.6 Å². The first kappa shape index (κ1) is 21.2.